The van der Waals surface area contributed by atoms with Gasteiger partial charge in [-0.3, -0.25) is 14.9 Å². The first-order chi connectivity index (χ1) is 11.5. The first-order valence-corrected chi connectivity index (χ1v) is 8.91. The number of nitro benzene ring substituents is 1. The van der Waals surface area contributed by atoms with Crippen molar-refractivity contribution in [1.29, 1.82) is 0 Å². The third-order valence-electron chi connectivity index (χ3n) is 4.79. The maximum atomic E-state index is 12.1. The first kappa shape index (κ1) is 17.3. The second-order valence-electron chi connectivity index (χ2n) is 6.28. The van der Waals surface area contributed by atoms with Gasteiger partial charge < -0.3 is 9.80 Å². The molecule has 130 valence electrons. The summed E-state index contributed by atoms with van der Waals surface area (Å²) in [5, 5.41) is 11.5. The Morgan fingerprint density at radius 1 is 1.08 bits per heavy atom. The number of halogens is 2. The van der Waals surface area contributed by atoms with Gasteiger partial charge in [-0.15, -0.1) is 0 Å². The summed E-state index contributed by atoms with van der Waals surface area (Å²) < 4.78 is 0. The van der Waals surface area contributed by atoms with E-state index >= 15 is 0 Å². The lowest BCUT2D eigenvalue weighted by atomic mass is 9.99. The predicted octanol–water partition coefficient (Wildman–Crippen LogP) is 3.88. The molecule has 1 amide bonds. The van der Waals surface area contributed by atoms with Crippen LogP contribution in [0.2, 0.25) is 10.0 Å². The lowest BCUT2D eigenvalue weighted by molar-refractivity contribution is -0.384. The van der Waals surface area contributed by atoms with Crippen molar-refractivity contribution in [3.8, 4) is 0 Å². The van der Waals surface area contributed by atoms with Gasteiger partial charge in [0.1, 0.15) is 0 Å². The highest BCUT2D eigenvalue weighted by atomic mass is 35.5. The van der Waals surface area contributed by atoms with Crippen LogP contribution in [0, 0.1) is 10.1 Å². The number of likely N-dealkylation sites (tertiary alicyclic amines) is 1. The largest absolute Gasteiger partial charge is 0.369 e. The number of carbonyl (C=O) groups excluding carboxylic acids is 1. The number of rotatable bonds is 3. The molecule has 8 heteroatoms. The zero-order valence-electron chi connectivity index (χ0n) is 13.2. The summed E-state index contributed by atoms with van der Waals surface area (Å²) in [5.74, 6) is 0.256. The molecular formula is C16H19Cl2N3O3. The first-order valence-electron chi connectivity index (χ1n) is 8.15. The number of amides is 1. The fraction of sp³-hybridized carbons (Fsp3) is 0.562. The lowest BCUT2D eigenvalue weighted by Gasteiger charge is -2.41. The quantitative estimate of drug-likeness (QED) is 0.597. The number of benzene rings is 1. The number of nitro groups is 1. The van der Waals surface area contributed by atoms with Crippen LogP contribution >= 0.6 is 23.2 Å². The van der Waals surface area contributed by atoms with E-state index in [1.807, 2.05) is 4.90 Å². The smallest absolute Gasteiger partial charge is 0.272 e. The summed E-state index contributed by atoms with van der Waals surface area (Å²) in [6.45, 7) is 2.31. The number of non-ortho nitro benzene ring substituents is 1. The molecule has 0 bridgehead atoms. The molecule has 2 aliphatic heterocycles. The van der Waals surface area contributed by atoms with Gasteiger partial charge in [0, 0.05) is 44.2 Å². The monoisotopic (exact) mass is 371 g/mol. The number of carbonyl (C=O) groups is 1. The minimum Gasteiger partial charge on any atom is -0.369 e. The summed E-state index contributed by atoms with van der Waals surface area (Å²) >= 11 is 12.5. The summed E-state index contributed by atoms with van der Waals surface area (Å²) in [6.07, 6.45) is 4.43. The van der Waals surface area contributed by atoms with Gasteiger partial charge in [-0.2, -0.15) is 0 Å². The van der Waals surface area contributed by atoms with Gasteiger partial charge in [0.2, 0.25) is 5.91 Å². The summed E-state index contributed by atoms with van der Waals surface area (Å²) in [6, 6.07) is 2.94. The highest BCUT2D eigenvalue weighted by Gasteiger charge is 2.30. The van der Waals surface area contributed by atoms with Crippen LogP contribution in [0.3, 0.4) is 0 Å². The van der Waals surface area contributed by atoms with Gasteiger partial charge in [0.25, 0.3) is 5.69 Å². The molecule has 2 heterocycles. The fourth-order valence-corrected chi connectivity index (χ4v) is 4.29. The van der Waals surface area contributed by atoms with Crippen LogP contribution in [0.5, 0.6) is 0 Å². The highest BCUT2D eigenvalue weighted by Crippen LogP contribution is 2.39. The van der Waals surface area contributed by atoms with Gasteiger partial charge >= 0.3 is 0 Å². The number of anilines is 1. The van der Waals surface area contributed by atoms with E-state index in [2.05, 4.69) is 4.90 Å². The van der Waals surface area contributed by atoms with Crippen LogP contribution < -0.4 is 4.90 Å². The molecule has 0 atom stereocenters. The second-order valence-corrected chi connectivity index (χ2v) is 7.09. The molecule has 0 aromatic heterocycles. The van der Waals surface area contributed by atoms with Gasteiger partial charge in [-0.25, -0.2) is 0 Å². The fourth-order valence-electron chi connectivity index (χ4n) is 3.57. The molecule has 0 aliphatic carbocycles. The molecule has 0 spiro atoms. The molecule has 0 radical (unpaired) electrons. The minimum absolute atomic E-state index is 0.109. The molecule has 3 rings (SSSR count). The molecule has 6 nitrogen and oxygen atoms in total. The SMILES string of the molecule is O=C1CCCCN1C1CCN(c2c(Cl)cc([N+](=O)[O-])cc2Cl)CC1. The van der Waals surface area contributed by atoms with Crippen LogP contribution in [-0.2, 0) is 4.79 Å². The Morgan fingerprint density at radius 2 is 1.71 bits per heavy atom. The average molecular weight is 372 g/mol. The molecule has 0 unspecified atom stereocenters. The number of hydrogen-bond donors (Lipinski definition) is 0. The van der Waals surface area contributed by atoms with E-state index in [0.717, 1.165) is 45.3 Å². The third kappa shape index (κ3) is 3.44. The maximum absolute atomic E-state index is 12.1. The molecule has 2 saturated heterocycles. The summed E-state index contributed by atoms with van der Waals surface area (Å²) in [5.41, 5.74) is 0.537. The Kier molecular flexibility index (Phi) is 5.15. The molecule has 0 saturated carbocycles. The van der Waals surface area contributed by atoms with Crippen molar-refractivity contribution in [1.82, 2.24) is 4.90 Å². The van der Waals surface area contributed by atoms with Gasteiger partial charge in [-0.05, 0) is 25.7 Å². The third-order valence-corrected chi connectivity index (χ3v) is 5.37. The molecule has 1 aromatic carbocycles. The normalized spacial score (nSPS) is 19.7. The van der Waals surface area contributed by atoms with Gasteiger partial charge in [0.15, 0.2) is 0 Å². The van der Waals surface area contributed by atoms with E-state index in [4.69, 9.17) is 23.2 Å². The Morgan fingerprint density at radius 3 is 2.25 bits per heavy atom. The van der Waals surface area contributed by atoms with E-state index < -0.39 is 4.92 Å². The van der Waals surface area contributed by atoms with E-state index in [1.54, 1.807) is 0 Å². The lowest BCUT2D eigenvalue weighted by Crippen LogP contribution is -2.49. The zero-order valence-corrected chi connectivity index (χ0v) is 14.7. The van der Waals surface area contributed by atoms with E-state index in [9.17, 15) is 14.9 Å². The van der Waals surface area contributed by atoms with Crippen molar-refractivity contribution in [2.24, 2.45) is 0 Å². The maximum Gasteiger partial charge on any atom is 0.272 e. The van der Waals surface area contributed by atoms with Crippen molar-refractivity contribution in [3.05, 3.63) is 32.3 Å². The van der Waals surface area contributed by atoms with Crippen LogP contribution in [0.4, 0.5) is 11.4 Å². The number of hydrogen-bond acceptors (Lipinski definition) is 4. The van der Waals surface area contributed by atoms with E-state index in [1.165, 1.54) is 12.1 Å². The molecular weight excluding hydrogens is 353 g/mol. The molecule has 0 N–H and O–H groups in total. The van der Waals surface area contributed by atoms with Gasteiger partial charge in [0.05, 0.1) is 20.7 Å². The zero-order chi connectivity index (χ0) is 17.3. The molecule has 2 aliphatic rings. The molecule has 2 fully saturated rings. The predicted molar refractivity (Wildman–Crippen MR) is 93.9 cm³/mol. The molecule has 24 heavy (non-hydrogen) atoms. The van der Waals surface area contributed by atoms with E-state index in [-0.39, 0.29) is 17.6 Å². The molecule has 1 aromatic rings. The Bertz CT molecular complexity index is 637. The number of piperidine rings is 2. The Balaban J connectivity index is 1.71. The minimum atomic E-state index is -0.504. The van der Waals surface area contributed by atoms with Crippen LogP contribution in [0.25, 0.3) is 0 Å². The Hall–Kier alpha value is -1.53. The average Bonchev–Trinajstić information content (AvgIpc) is 2.55. The topological polar surface area (TPSA) is 66.7 Å². The second kappa shape index (κ2) is 7.15. The van der Waals surface area contributed by atoms with Crippen LogP contribution in [-0.4, -0.2) is 41.4 Å². The van der Waals surface area contributed by atoms with Crippen molar-refractivity contribution < 1.29 is 9.72 Å². The van der Waals surface area contributed by atoms with Crippen molar-refractivity contribution >= 4 is 40.5 Å². The van der Waals surface area contributed by atoms with E-state index in [0.29, 0.717) is 22.2 Å². The van der Waals surface area contributed by atoms with Crippen LogP contribution in [0.1, 0.15) is 32.1 Å². The van der Waals surface area contributed by atoms with Crippen molar-refractivity contribution in [2.75, 3.05) is 24.5 Å². The highest BCUT2D eigenvalue weighted by molar-refractivity contribution is 6.39. The van der Waals surface area contributed by atoms with Crippen LogP contribution in [0.15, 0.2) is 12.1 Å². The summed E-state index contributed by atoms with van der Waals surface area (Å²) in [7, 11) is 0. The summed E-state index contributed by atoms with van der Waals surface area (Å²) in [4.78, 5) is 26.5. The van der Waals surface area contributed by atoms with Crippen molar-refractivity contribution in [3.63, 3.8) is 0 Å². The number of nitrogens with zero attached hydrogens (tertiary/aromatic N) is 3. The Labute approximate surface area is 150 Å². The van der Waals surface area contributed by atoms with Crippen molar-refractivity contribution in [2.45, 2.75) is 38.1 Å². The van der Waals surface area contributed by atoms with Gasteiger partial charge in [-0.1, -0.05) is 23.2 Å². The standard InChI is InChI=1S/C16H19Cl2N3O3/c17-13-9-12(21(23)24)10-14(18)16(13)19-7-4-11(5-8-19)20-6-2-1-3-15(20)22/h9-11H,1-8H2.